The Morgan fingerprint density at radius 1 is 1.86 bits per heavy atom. The van der Waals surface area contributed by atoms with E-state index < -0.39 is 11.1 Å². The lowest BCUT2D eigenvalue weighted by Gasteiger charge is -2.14. The number of nitrogens with zero attached hydrogens (tertiary/aromatic N) is 1. The summed E-state index contributed by atoms with van der Waals surface area (Å²) in [5.74, 6) is -0.385. The van der Waals surface area contributed by atoms with Gasteiger partial charge in [0.2, 0.25) is 0 Å². The second-order valence-electron chi connectivity index (χ2n) is 3.23. The predicted molar refractivity (Wildman–Crippen MR) is 49.4 cm³/mol. The highest BCUT2D eigenvalue weighted by Gasteiger charge is 2.27. The molecule has 0 amide bonds. The first-order valence-electron chi connectivity index (χ1n) is 4.45. The first kappa shape index (κ1) is 10.7. The highest BCUT2D eigenvalue weighted by Crippen LogP contribution is 2.16. The third-order valence-electron chi connectivity index (χ3n) is 2.09. The number of guanidine groups is 1. The summed E-state index contributed by atoms with van der Waals surface area (Å²) in [4.78, 5) is 10.1. The maximum absolute atomic E-state index is 10.6. The SMILES string of the molecule is N=C(N)NC(CC1CCCO1)[N+](=O)[O-]. The van der Waals surface area contributed by atoms with Gasteiger partial charge in [-0.2, -0.15) is 0 Å². The Labute approximate surface area is 81.3 Å². The van der Waals surface area contributed by atoms with Gasteiger partial charge in [0.15, 0.2) is 5.96 Å². The number of nitrogens with one attached hydrogen (secondary N) is 2. The van der Waals surface area contributed by atoms with Crippen molar-refractivity contribution in [1.29, 1.82) is 5.41 Å². The van der Waals surface area contributed by atoms with Crippen molar-refractivity contribution in [2.24, 2.45) is 5.73 Å². The molecule has 1 aliphatic rings. The molecule has 2 atom stereocenters. The minimum atomic E-state index is -1.02. The summed E-state index contributed by atoms with van der Waals surface area (Å²) in [5, 5.41) is 19.8. The number of hydrogen-bond acceptors (Lipinski definition) is 4. The third-order valence-corrected chi connectivity index (χ3v) is 2.09. The predicted octanol–water partition coefficient (Wildman–Crippen LogP) is -0.359. The van der Waals surface area contributed by atoms with Gasteiger partial charge in [0.05, 0.1) is 12.5 Å². The van der Waals surface area contributed by atoms with E-state index in [0.29, 0.717) is 6.61 Å². The van der Waals surface area contributed by atoms with E-state index in [2.05, 4.69) is 5.32 Å². The van der Waals surface area contributed by atoms with Gasteiger partial charge in [0.1, 0.15) is 0 Å². The minimum Gasteiger partial charge on any atom is -0.378 e. The van der Waals surface area contributed by atoms with Gasteiger partial charge in [0.25, 0.3) is 6.17 Å². The van der Waals surface area contributed by atoms with Gasteiger partial charge in [0, 0.05) is 11.5 Å². The van der Waals surface area contributed by atoms with Gasteiger partial charge in [-0.05, 0) is 12.8 Å². The maximum Gasteiger partial charge on any atom is 0.289 e. The van der Waals surface area contributed by atoms with Crippen molar-refractivity contribution in [2.45, 2.75) is 31.5 Å². The van der Waals surface area contributed by atoms with Crippen molar-refractivity contribution >= 4 is 5.96 Å². The Balaban J connectivity index is 2.41. The lowest BCUT2D eigenvalue weighted by molar-refractivity contribution is -0.529. The molecule has 2 unspecified atom stereocenters. The van der Waals surface area contributed by atoms with E-state index >= 15 is 0 Å². The van der Waals surface area contributed by atoms with Crippen LogP contribution in [0.15, 0.2) is 0 Å². The van der Waals surface area contributed by atoms with Crippen molar-refractivity contribution in [3.63, 3.8) is 0 Å². The molecule has 1 heterocycles. The summed E-state index contributed by atoms with van der Waals surface area (Å²) in [6.07, 6.45) is 0.930. The molecule has 7 heteroatoms. The van der Waals surface area contributed by atoms with E-state index in [9.17, 15) is 10.1 Å². The van der Waals surface area contributed by atoms with Crippen LogP contribution in [0.25, 0.3) is 0 Å². The van der Waals surface area contributed by atoms with Crippen molar-refractivity contribution in [3.8, 4) is 0 Å². The lowest BCUT2D eigenvalue weighted by Crippen LogP contribution is -2.45. The molecule has 0 saturated carbocycles. The van der Waals surface area contributed by atoms with Crippen molar-refractivity contribution in [3.05, 3.63) is 10.1 Å². The van der Waals surface area contributed by atoms with Crippen molar-refractivity contribution in [2.75, 3.05) is 6.61 Å². The summed E-state index contributed by atoms with van der Waals surface area (Å²) in [6.45, 7) is 0.662. The molecule has 7 nitrogen and oxygen atoms in total. The molecule has 0 aliphatic carbocycles. The summed E-state index contributed by atoms with van der Waals surface area (Å²) < 4.78 is 5.26. The van der Waals surface area contributed by atoms with E-state index in [-0.39, 0.29) is 18.5 Å². The average Bonchev–Trinajstić information content (AvgIpc) is 2.54. The van der Waals surface area contributed by atoms with Crippen LogP contribution in [-0.2, 0) is 4.74 Å². The molecule has 1 fully saturated rings. The summed E-state index contributed by atoms with van der Waals surface area (Å²) in [5.41, 5.74) is 5.03. The molecular formula is C7H14N4O3. The zero-order chi connectivity index (χ0) is 10.6. The summed E-state index contributed by atoms with van der Waals surface area (Å²) in [6, 6.07) is 0. The van der Waals surface area contributed by atoms with Gasteiger partial charge in [-0.25, -0.2) is 0 Å². The van der Waals surface area contributed by atoms with Crippen LogP contribution < -0.4 is 11.1 Å². The van der Waals surface area contributed by atoms with E-state index in [1.807, 2.05) is 0 Å². The van der Waals surface area contributed by atoms with Crippen LogP contribution in [0.3, 0.4) is 0 Å². The van der Waals surface area contributed by atoms with E-state index in [4.69, 9.17) is 15.9 Å². The molecular weight excluding hydrogens is 188 g/mol. The molecule has 0 radical (unpaired) electrons. The second-order valence-corrected chi connectivity index (χ2v) is 3.23. The van der Waals surface area contributed by atoms with Gasteiger partial charge in [-0.15, -0.1) is 0 Å². The van der Waals surface area contributed by atoms with Crippen LogP contribution in [0.4, 0.5) is 0 Å². The molecule has 0 aromatic carbocycles. The Bertz CT molecular complexity index is 227. The minimum absolute atomic E-state index is 0.0859. The van der Waals surface area contributed by atoms with Crippen LogP contribution in [-0.4, -0.2) is 29.8 Å². The molecule has 4 N–H and O–H groups in total. The van der Waals surface area contributed by atoms with Crippen LogP contribution in [0.5, 0.6) is 0 Å². The first-order chi connectivity index (χ1) is 6.59. The monoisotopic (exact) mass is 202 g/mol. The highest BCUT2D eigenvalue weighted by atomic mass is 16.6. The Hall–Kier alpha value is -1.37. The summed E-state index contributed by atoms with van der Waals surface area (Å²) >= 11 is 0. The quantitative estimate of drug-likeness (QED) is 0.189. The summed E-state index contributed by atoms with van der Waals surface area (Å²) in [7, 11) is 0. The largest absolute Gasteiger partial charge is 0.378 e. The zero-order valence-corrected chi connectivity index (χ0v) is 7.73. The fourth-order valence-corrected chi connectivity index (χ4v) is 1.46. The number of rotatable bonds is 4. The smallest absolute Gasteiger partial charge is 0.289 e. The number of ether oxygens (including phenoxy) is 1. The Morgan fingerprint density at radius 3 is 3.00 bits per heavy atom. The molecule has 0 bridgehead atoms. The van der Waals surface area contributed by atoms with Crippen molar-refractivity contribution < 1.29 is 9.66 Å². The molecule has 1 saturated heterocycles. The molecule has 80 valence electrons. The average molecular weight is 202 g/mol. The Kier molecular flexibility index (Phi) is 3.63. The van der Waals surface area contributed by atoms with E-state index in [1.54, 1.807) is 0 Å². The highest BCUT2D eigenvalue weighted by molar-refractivity contribution is 5.74. The van der Waals surface area contributed by atoms with Gasteiger partial charge < -0.3 is 10.5 Å². The molecule has 0 aromatic heterocycles. The topological polar surface area (TPSA) is 114 Å². The number of nitrogens with two attached hydrogens (primary N) is 1. The zero-order valence-electron chi connectivity index (χ0n) is 7.73. The first-order valence-corrected chi connectivity index (χ1v) is 4.45. The number of nitro groups is 1. The number of hydrogen-bond donors (Lipinski definition) is 3. The maximum atomic E-state index is 10.6. The van der Waals surface area contributed by atoms with Gasteiger partial charge in [-0.3, -0.25) is 20.8 Å². The lowest BCUT2D eigenvalue weighted by atomic mass is 10.1. The van der Waals surface area contributed by atoms with E-state index in [0.717, 1.165) is 12.8 Å². The van der Waals surface area contributed by atoms with Gasteiger partial charge in [-0.1, -0.05) is 0 Å². The standard InChI is InChI=1S/C7H14N4O3/c8-7(9)10-6(11(12)13)4-5-2-1-3-14-5/h5-6H,1-4H2,(H4,8,9,10). The van der Waals surface area contributed by atoms with Gasteiger partial charge >= 0.3 is 0 Å². The fourth-order valence-electron chi connectivity index (χ4n) is 1.46. The third kappa shape index (κ3) is 3.17. The van der Waals surface area contributed by atoms with Crippen LogP contribution >= 0.6 is 0 Å². The van der Waals surface area contributed by atoms with E-state index in [1.165, 1.54) is 0 Å². The van der Waals surface area contributed by atoms with Crippen LogP contribution in [0.1, 0.15) is 19.3 Å². The Morgan fingerprint density at radius 2 is 2.57 bits per heavy atom. The fraction of sp³-hybridized carbons (Fsp3) is 0.857. The molecule has 14 heavy (non-hydrogen) atoms. The molecule has 0 spiro atoms. The molecule has 1 rings (SSSR count). The van der Waals surface area contributed by atoms with Crippen LogP contribution in [0, 0.1) is 15.5 Å². The second kappa shape index (κ2) is 4.75. The van der Waals surface area contributed by atoms with Crippen LogP contribution in [0.2, 0.25) is 0 Å². The normalized spacial score (nSPS) is 23.0. The molecule has 0 aromatic rings. The van der Waals surface area contributed by atoms with Crippen molar-refractivity contribution in [1.82, 2.24) is 5.32 Å². The molecule has 1 aliphatic heterocycles.